The maximum Gasteiger partial charge on any atom is 0.0681 e. The maximum absolute atomic E-state index is 9.01. The van der Waals surface area contributed by atoms with Crippen LogP contribution in [0.3, 0.4) is 0 Å². The van der Waals surface area contributed by atoms with E-state index in [9.17, 15) is 0 Å². The number of hydrogen-bond acceptors (Lipinski definition) is 3. The van der Waals surface area contributed by atoms with E-state index in [-0.39, 0.29) is 6.61 Å². The molecule has 0 aliphatic heterocycles. The van der Waals surface area contributed by atoms with Gasteiger partial charge in [-0.2, -0.15) is 0 Å². The SMILES string of the molecule is CCN(CC)CCCC(C)NCc1ccc(CO)cc1. The molecule has 1 atom stereocenters. The highest BCUT2D eigenvalue weighted by Crippen LogP contribution is 2.06. The van der Waals surface area contributed by atoms with Gasteiger partial charge in [0.15, 0.2) is 0 Å². The van der Waals surface area contributed by atoms with Gasteiger partial charge in [-0.15, -0.1) is 0 Å². The van der Waals surface area contributed by atoms with Crippen LogP contribution in [0.2, 0.25) is 0 Å². The predicted molar refractivity (Wildman–Crippen MR) is 85.7 cm³/mol. The Hall–Kier alpha value is -0.900. The topological polar surface area (TPSA) is 35.5 Å². The largest absolute Gasteiger partial charge is 0.392 e. The first kappa shape index (κ1) is 17.2. The van der Waals surface area contributed by atoms with Gasteiger partial charge >= 0.3 is 0 Å². The molecule has 3 heteroatoms. The molecule has 114 valence electrons. The van der Waals surface area contributed by atoms with E-state index < -0.39 is 0 Å². The third-order valence-electron chi connectivity index (χ3n) is 3.87. The van der Waals surface area contributed by atoms with Crippen LogP contribution in [0.25, 0.3) is 0 Å². The molecule has 0 amide bonds. The zero-order chi connectivity index (χ0) is 14.8. The van der Waals surface area contributed by atoms with Gasteiger partial charge in [0.2, 0.25) is 0 Å². The molecule has 3 nitrogen and oxygen atoms in total. The van der Waals surface area contributed by atoms with E-state index in [4.69, 9.17) is 5.11 Å². The van der Waals surface area contributed by atoms with Crippen molar-refractivity contribution in [3.63, 3.8) is 0 Å². The van der Waals surface area contributed by atoms with Crippen LogP contribution in [-0.2, 0) is 13.2 Å². The third kappa shape index (κ3) is 6.51. The fraction of sp³-hybridized carbons (Fsp3) is 0.647. The number of nitrogens with zero attached hydrogens (tertiary/aromatic N) is 1. The van der Waals surface area contributed by atoms with Crippen LogP contribution in [-0.4, -0.2) is 35.7 Å². The maximum atomic E-state index is 9.01. The molecule has 0 heterocycles. The lowest BCUT2D eigenvalue weighted by atomic mass is 10.1. The first-order valence-electron chi connectivity index (χ1n) is 7.84. The van der Waals surface area contributed by atoms with Gasteiger partial charge in [0.25, 0.3) is 0 Å². The Labute approximate surface area is 124 Å². The van der Waals surface area contributed by atoms with Gasteiger partial charge in [0.05, 0.1) is 6.61 Å². The quantitative estimate of drug-likeness (QED) is 0.691. The Morgan fingerprint density at radius 3 is 2.25 bits per heavy atom. The summed E-state index contributed by atoms with van der Waals surface area (Å²) < 4.78 is 0. The number of rotatable bonds is 10. The van der Waals surface area contributed by atoms with E-state index >= 15 is 0 Å². The van der Waals surface area contributed by atoms with Crippen LogP contribution in [0.1, 0.15) is 44.7 Å². The Bertz CT molecular complexity index is 347. The molecule has 0 saturated carbocycles. The highest BCUT2D eigenvalue weighted by Gasteiger charge is 2.04. The molecule has 0 aliphatic rings. The van der Waals surface area contributed by atoms with Crippen molar-refractivity contribution in [2.45, 2.75) is 52.8 Å². The normalized spacial score (nSPS) is 12.8. The fourth-order valence-electron chi connectivity index (χ4n) is 2.32. The Kier molecular flexibility index (Phi) is 8.51. The van der Waals surface area contributed by atoms with Gasteiger partial charge in [0, 0.05) is 12.6 Å². The van der Waals surface area contributed by atoms with E-state index in [2.05, 4.69) is 43.1 Å². The van der Waals surface area contributed by atoms with Crippen LogP contribution in [0.4, 0.5) is 0 Å². The van der Waals surface area contributed by atoms with Crippen molar-refractivity contribution >= 4 is 0 Å². The summed E-state index contributed by atoms with van der Waals surface area (Å²) in [6.07, 6.45) is 2.46. The Morgan fingerprint density at radius 2 is 1.70 bits per heavy atom. The minimum atomic E-state index is 0.121. The number of aliphatic hydroxyl groups is 1. The summed E-state index contributed by atoms with van der Waals surface area (Å²) >= 11 is 0. The van der Waals surface area contributed by atoms with Crippen molar-refractivity contribution in [1.82, 2.24) is 10.2 Å². The predicted octanol–water partition coefficient (Wildman–Crippen LogP) is 2.78. The second-order valence-electron chi connectivity index (χ2n) is 5.43. The molecule has 0 saturated heterocycles. The van der Waals surface area contributed by atoms with Crippen molar-refractivity contribution in [3.05, 3.63) is 35.4 Å². The molecule has 1 aromatic rings. The van der Waals surface area contributed by atoms with E-state index in [0.717, 1.165) is 25.2 Å². The third-order valence-corrected chi connectivity index (χ3v) is 3.87. The molecule has 1 rings (SSSR count). The average molecular weight is 278 g/mol. The number of nitrogens with one attached hydrogen (secondary N) is 1. The minimum absolute atomic E-state index is 0.121. The fourth-order valence-corrected chi connectivity index (χ4v) is 2.32. The van der Waals surface area contributed by atoms with Crippen molar-refractivity contribution in [3.8, 4) is 0 Å². The van der Waals surface area contributed by atoms with Crippen LogP contribution >= 0.6 is 0 Å². The molecule has 20 heavy (non-hydrogen) atoms. The molecular formula is C17H30N2O. The van der Waals surface area contributed by atoms with Crippen LogP contribution in [0.5, 0.6) is 0 Å². The molecule has 0 spiro atoms. The monoisotopic (exact) mass is 278 g/mol. The van der Waals surface area contributed by atoms with Crippen molar-refractivity contribution in [1.29, 1.82) is 0 Å². The molecule has 0 aliphatic carbocycles. The van der Waals surface area contributed by atoms with E-state index in [1.165, 1.54) is 24.9 Å². The number of hydrogen-bond donors (Lipinski definition) is 2. The van der Waals surface area contributed by atoms with Crippen molar-refractivity contribution < 1.29 is 5.11 Å². The Morgan fingerprint density at radius 1 is 1.10 bits per heavy atom. The molecular weight excluding hydrogens is 248 g/mol. The van der Waals surface area contributed by atoms with E-state index in [1.54, 1.807) is 0 Å². The molecule has 0 fully saturated rings. The number of benzene rings is 1. The van der Waals surface area contributed by atoms with Gasteiger partial charge in [-0.1, -0.05) is 38.1 Å². The molecule has 1 aromatic carbocycles. The molecule has 0 aromatic heterocycles. The van der Waals surface area contributed by atoms with Crippen molar-refractivity contribution in [2.24, 2.45) is 0 Å². The first-order chi connectivity index (χ1) is 9.69. The van der Waals surface area contributed by atoms with Gasteiger partial charge < -0.3 is 15.3 Å². The summed E-state index contributed by atoms with van der Waals surface area (Å²) in [7, 11) is 0. The van der Waals surface area contributed by atoms with Gasteiger partial charge in [-0.05, 0) is 50.5 Å². The number of aliphatic hydroxyl groups excluding tert-OH is 1. The zero-order valence-electron chi connectivity index (χ0n) is 13.2. The second kappa shape index (κ2) is 9.92. The van der Waals surface area contributed by atoms with Gasteiger partial charge in [-0.25, -0.2) is 0 Å². The van der Waals surface area contributed by atoms with Crippen LogP contribution < -0.4 is 5.32 Å². The highest BCUT2D eigenvalue weighted by molar-refractivity contribution is 5.21. The summed E-state index contributed by atoms with van der Waals surface area (Å²) in [6.45, 7) is 11.2. The molecule has 1 unspecified atom stereocenters. The summed E-state index contributed by atoms with van der Waals surface area (Å²) in [4.78, 5) is 2.47. The van der Waals surface area contributed by atoms with Gasteiger partial charge in [-0.3, -0.25) is 0 Å². The zero-order valence-corrected chi connectivity index (χ0v) is 13.2. The average Bonchev–Trinajstić information content (AvgIpc) is 2.50. The summed E-state index contributed by atoms with van der Waals surface area (Å²) in [6, 6.07) is 8.69. The standard InChI is InChI=1S/C17H30N2O/c1-4-19(5-2)12-6-7-15(3)18-13-16-8-10-17(14-20)11-9-16/h8-11,15,18,20H,4-7,12-14H2,1-3H3. The van der Waals surface area contributed by atoms with Crippen LogP contribution in [0, 0.1) is 0 Å². The smallest absolute Gasteiger partial charge is 0.0681 e. The second-order valence-corrected chi connectivity index (χ2v) is 5.43. The van der Waals surface area contributed by atoms with Crippen molar-refractivity contribution in [2.75, 3.05) is 19.6 Å². The molecule has 2 N–H and O–H groups in total. The highest BCUT2D eigenvalue weighted by atomic mass is 16.3. The minimum Gasteiger partial charge on any atom is -0.392 e. The summed E-state index contributed by atoms with van der Waals surface area (Å²) in [5.74, 6) is 0. The van der Waals surface area contributed by atoms with E-state index in [1.807, 2.05) is 12.1 Å². The lowest BCUT2D eigenvalue weighted by Crippen LogP contribution is -2.28. The van der Waals surface area contributed by atoms with Gasteiger partial charge in [0.1, 0.15) is 0 Å². The summed E-state index contributed by atoms with van der Waals surface area (Å²) in [5, 5.41) is 12.6. The molecule has 0 radical (unpaired) electrons. The van der Waals surface area contributed by atoms with Crippen LogP contribution in [0.15, 0.2) is 24.3 Å². The van der Waals surface area contributed by atoms with E-state index in [0.29, 0.717) is 6.04 Å². The first-order valence-corrected chi connectivity index (χ1v) is 7.84. The lowest BCUT2D eigenvalue weighted by molar-refractivity contribution is 0.282. The molecule has 0 bridgehead atoms. The summed E-state index contributed by atoms with van der Waals surface area (Å²) in [5.41, 5.74) is 2.25. The lowest BCUT2D eigenvalue weighted by Gasteiger charge is -2.19. The Balaban J connectivity index is 2.20.